The van der Waals surface area contributed by atoms with Crippen molar-refractivity contribution in [2.45, 2.75) is 45.2 Å². The Balaban J connectivity index is 1.63. The number of hydrogen-bond acceptors (Lipinski definition) is 2. The van der Waals surface area contributed by atoms with Crippen molar-refractivity contribution in [1.29, 1.82) is 0 Å². The Morgan fingerprint density at radius 3 is 1.81 bits per heavy atom. The van der Waals surface area contributed by atoms with Gasteiger partial charge in [0.25, 0.3) is 0 Å². The second-order valence-electron chi connectivity index (χ2n) is 10.9. The lowest BCUT2D eigenvalue weighted by Crippen LogP contribution is -2.41. The lowest BCUT2D eigenvalue weighted by Gasteiger charge is -2.30. The Hall–Kier alpha value is -3.66. The standard InChI is InChI=1S/C33H29NO2/c1-32(2)33(3,4)36-31(35-32)21-18-19-27-28(20-21)34(22-12-6-5-7-13-22)30-26-17-11-9-15-24(26)23-14-8-10-16-25(23)29(27)30/h5-20,31H,1-4H3. The zero-order valence-electron chi connectivity index (χ0n) is 21.1. The van der Waals surface area contributed by atoms with Crippen molar-refractivity contribution in [3.05, 3.63) is 103 Å². The molecule has 1 saturated heterocycles. The summed E-state index contributed by atoms with van der Waals surface area (Å²) in [6.07, 6.45) is -0.407. The molecule has 1 aromatic heterocycles. The van der Waals surface area contributed by atoms with Crippen LogP contribution in [0.2, 0.25) is 0 Å². The number of nitrogens with zero attached hydrogens (tertiary/aromatic N) is 1. The summed E-state index contributed by atoms with van der Waals surface area (Å²) in [5.41, 5.74) is 3.80. The normalized spacial score (nSPS) is 17.6. The van der Waals surface area contributed by atoms with Crippen LogP contribution in [-0.2, 0) is 9.47 Å². The van der Waals surface area contributed by atoms with Gasteiger partial charge in [-0.25, -0.2) is 0 Å². The number of ether oxygens (including phenoxy) is 2. The molecule has 1 aliphatic heterocycles. The van der Waals surface area contributed by atoms with Crippen LogP contribution < -0.4 is 0 Å². The lowest BCUT2D eigenvalue weighted by molar-refractivity contribution is -0.0895. The van der Waals surface area contributed by atoms with Crippen molar-refractivity contribution < 1.29 is 9.47 Å². The minimum Gasteiger partial charge on any atom is -0.339 e. The predicted octanol–water partition coefficient (Wildman–Crippen LogP) is 8.69. The fourth-order valence-corrected chi connectivity index (χ4v) is 5.66. The van der Waals surface area contributed by atoms with E-state index >= 15 is 0 Å². The minimum absolute atomic E-state index is 0.384. The monoisotopic (exact) mass is 471 g/mol. The van der Waals surface area contributed by atoms with Crippen LogP contribution in [0.5, 0.6) is 0 Å². The molecular weight excluding hydrogens is 442 g/mol. The summed E-state index contributed by atoms with van der Waals surface area (Å²) in [5.74, 6) is 0. The van der Waals surface area contributed by atoms with E-state index in [4.69, 9.17) is 9.47 Å². The fourth-order valence-electron chi connectivity index (χ4n) is 5.66. The van der Waals surface area contributed by atoms with Crippen LogP contribution in [0.15, 0.2) is 97.1 Å². The van der Waals surface area contributed by atoms with Gasteiger partial charge in [0.2, 0.25) is 0 Å². The molecule has 7 rings (SSSR count). The van der Waals surface area contributed by atoms with Crippen molar-refractivity contribution in [2.75, 3.05) is 0 Å². The number of benzene rings is 5. The van der Waals surface area contributed by atoms with Crippen LogP contribution in [0.1, 0.15) is 39.5 Å². The Morgan fingerprint density at radius 1 is 0.583 bits per heavy atom. The van der Waals surface area contributed by atoms with Crippen LogP contribution >= 0.6 is 0 Å². The van der Waals surface area contributed by atoms with Gasteiger partial charge in [0.05, 0.1) is 22.2 Å². The Morgan fingerprint density at radius 2 is 1.14 bits per heavy atom. The van der Waals surface area contributed by atoms with Crippen molar-refractivity contribution in [2.24, 2.45) is 0 Å². The van der Waals surface area contributed by atoms with Crippen LogP contribution in [0.25, 0.3) is 49.0 Å². The van der Waals surface area contributed by atoms with Gasteiger partial charge in [-0.15, -0.1) is 0 Å². The summed E-state index contributed by atoms with van der Waals surface area (Å²) in [7, 11) is 0. The summed E-state index contributed by atoms with van der Waals surface area (Å²) in [6.45, 7) is 8.41. The van der Waals surface area contributed by atoms with Gasteiger partial charge in [-0.05, 0) is 62.1 Å². The highest BCUT2D eigenvalue weighted by Crippen LogP contribution is 2.47. The second kappa shape index (κ2) is 7.42. The number of para-hydroxylation sites is 1. The molecule has 178 valence electrons. The molecule has 6 aromatic rings. The average Bonchev–Trinajstić information content (AvgIpc) is 3.34. The maximum atomic E-state index is 6.43. The van der Waals surface area contributed by atoms with Gasteiger partial charge >= 0.3 is 0 Å². The molecular formula is C33H29NO2. The molecule has 2 heterocycles. The topological polar surface area (TPSA) is 23.4 Å². The van der Waals surface area contributed by atoms with Gasteiger partial charge in [0.15, 0.2) is 6.29 Å². The first kappa shape index (κ1) is 21.6. The third-order valence-electron chi connectivity index (χ3n) is 8.20. The molecule has 1 fully saturated rings. The van der Waals surface area contributed by atoms with Gasteiger partial charge in [-0.2, -0.15) is 0 Å². The summed E-state index contributed by atoms with van der Waals surface area (Å²) >= 11 is 0. The minimum atomic E-state index is -0.407. The van der Waals surface area contributed by atoms with Crippen molar-refractivity contribution in [3.8, 4) is 5.69 Å². The van der Waals surface area contributed by atoms with E-state index in [1.165, 1.54) is 37.8 Å². The first-order valence-corrected chi connectivity index (χ1v) is 12.6. The van der Waals surface area contributed by atoms with E-state index in [9.17, 15) is 0 Å². The summed E-state index contributed by atoms with van der Waals surface area (Å²) in [4.78, 5) is 0. The Kier molecular flexibility index (Phi) is 4.46. The highest BCUT2D eigenvalue weighted by Gasteiger charge is 2.49. The third-order valence-corrected chi connectivity index (χ3v) is 8.20. The maximum Gasteiger partial charge on any atom is 0.185 e. The van der Waals surface area contributed by atoms with Crippen LogP contribution in [0.3, 0.4) is 0 Å². The van der Waals surface area contributed by atoms with E-state index in [1.54, 1.807) is 0 Å². The molecule has 0 bridgehead atoms. The van der Waals surface area contributed by atoms with E-state index in [1.807, 2.05) is 0 Å². The van der Waals surface area contributed by atoms with Gasteiger partial charge in [-0.1, -0.05) is 78.9 Å². The van der Waals surface area contributed by atoms with Crippen molar-refractivity contribution >= 4 is 43.4 Å². The maximum absolute atomic E-state index is 6.43. The predicted molar refractivity (Wildman–Crippen MR) is 149 cm³/mol. The van der Waals surface area contributed by atoms with Gasteiger partial charge in [-0.3, -0.25) is 0 Å². The summed E-state index contributed by atoms with van der Waals surface area (Å²) in [6, 6.07) is 34.8. The molecule has 0 N–H and O–H groups in total. The van der Waals surface area contributed by atoms with Crippen LogP contribution in [-0.4, -0.2) is 15.8 Å². The van der Waals surface area contributed by atoms with Crippen LogP contribution in [0, 0.1) is 0 Å². The molecule has 5 aromatic carbocycles. The summed E-state index contributed by atoms with van der Waals surface area (Å²) < 4.78 is 15.3. The smallest absolute Gasteiger partial charge is 0.185 e. The Labute approximate surface area is 210 Å². The number of hydrogen-bond donors (Lipinski definition) is 0. The summed E-state index contributed by atoms with van der Waals surface area (Å²) in [5, 5.41) is 7.59. The van der Waals surface area contributed by atoms with Gasteiger partial charge < -0.3 is 14.0 Å². The molecule has 0 atom stereocenters. The van der Waals surface area contributed by atoms with Crippen molar-refractivity contribution in [3.63, 3.8) is 0 Å². The quantitative estimate of drug-likeness (QED) is 0.236. The molecule has 0 amide bonds. The zero-order chi connectivity index (χ0) is 24.7. The van der Waals surface area contributed by atoms with Gasteiger partial charge in [0.1, 0.15) is 0 Å². The molecule has 3 nitrogen and oxygen atoms in total. The van der Waals surface area contributed by atoms with E-state index in [-0.39, 0.29) is 11.2 Å². The van der Waals surface area contributed by atoms with E-state index in [2.05, 4.69) is 129 Å². The lowest BCUT2D eigenvalue weighted by atomic mass is 9.90. The number of rotatable bonds is 2. The molecule has 3 heteroatoms. The highest BCUT2D eigenvalue weighted by atomic mass is 16.7. The van der Waals surface area contributed by atoms with E-state index in [0.29, 0.717) is 0 Å². The van der Waals surface area contributed by atoms with Gasteiger partial charge in [0, 0.05) is 27.4 Å². The van der Waals surface area contributed by atoms with Crippen molar-refractivity contribution in [1.82, 2.24) is 4.57 Å². The SMILES string of the molecule is CC1(C)OC(c2ccc3c4c5ccccc5c5ccccc5c4n(-c4ccccc4)c3c2)OC1(C)C. The molecule has 0 spiro atoms. The number of aromatic nitrogens is 1. The zero-order valence-corrected chi connectivity index (χ0v) is 21.1. The third kappa shape index (κ3) is 2.93. The second-order valence-corrected chi connectivity index (χ2v) is 10.9. The van der Waals surface area contributed by atoms with E-state index < -0.39 is 6.29 Å². The molecule has 0 radical (unpaired) electrons. The van der Waals surface area contributed by atoms with Crippen LogP contribution in [0.4, 0.5) is 0 Å². The Bertz CT molecular complexity index is 1780. The van der Waals surface area contributed by atoms with E-state index in [0.717, 1.165) is 16.8 Å². The number of fused-ring (bicyclic) bond motifs is 8. The first-order chi connectivity index (χ1) is 17.4. The molecule has 0 saturated carbocycles. The molecule has 0 aliphatic carbocycles. The highest BCUT2D eigenvalue weighted by molar-refractivity contribution is 6.32. The molecule has 36 heavy (non-hydrogen) atoms. The molecule has 0 unspecified atom stereocenters. The fraction of sp³-hybridized carbons (Fsp3) is 0.212. The molecule has 1 aliphatic rings. The first-order valence-electron chi connectivity index (χ1n) is 12.6. The average molecular weight is 472 g/mol. The largest absolute Gasteiger partial charge is 0.339 e.